The van der Waals surface area contributed by atoms with Crippen molar-refractivity contribution in [1.82, 2.24) is 20.1 Å². The molecule has 0 unspecified atom stereocenters. The number of nitrogens with zero attached hydrogens (tertiary/aromatic N) is 3. The van der Waals surface area contributed by atoms with Crippen LogP contribution in [0.5, 0.6) is 0 Å². The Bertz CT molecular complexity index is 624. The Hall–Kier alpha value is -1.38. The number of ether oxygens (including phenoxy) is 1. The van der Waals surface area contributed by atoms with Gasteiger partial charge in [-0.2, -0.15) is 0 Å². The molecule has 0 fully saturated rings. The molecule has 0 aliphatic rings. The molecule has 0 spiro atoms. The summed E-state index contributed by atoms with van der Waals surface area (Å²) in [6, 6.07) is 1.95. The van der Waals surface area contributed by atoms with Crippen molar-refractivity contribution >= 4 is 29.0 Å². The minimum Gasteiger partial charge on any atom is -0.384 e. The summed E-state index contributed by atoms with van der Waals surface area (Å²) >= 11 is 3.07. The molecule has 120 valence electrons. The summed E-state index contributed by atoms with van der Waals surface area (Å²) in [5.74, 6) is 1.68. The predicted octanol–water partition coefficient (Wildman–Crippen LogP) is 1.90. The van der Waals surface area contributed by atoms with Crippen molar-refractivity contribution in [3.8, 4) is 0 Å². The third-order valence-corrected chi connectivity index (χ3v) is 5.15. The number of hydrogen-bond acceptors (Lipinski definition) is 6. The van der Waals surface area contributed by atoms with Gasteiger partial charge in [-0.3, -0.25) is 4.79 Å². The Labute approximate surface area is 138 Å². The van der Waals surface area contributed by atoms with Crippen molar-refractivity contribution in [2.75, 3.05) is 26.0 Å². The molecule has 0 radical (unpaired) electrons. The number of aromatic nitrogens is 3. The molecule has 0 saturated heterocycles. The normalized spacial score (nSPS) is 10.9. The van der Waals surface area contributed by atoms with Gasteiger partial charge in [0.25, 0.3) is 5.91 Å². The number of amides is 1. The fourth-order valence-electron chi connectivity index (χ4n) is 1.88. The Morgan fingerprint density at radius 2 is 2.32 bits per heavy atom. The minimum atomic E-state index is -0.0237. The van der Waals surface area contributed by atoms with Gasteiger partial charge in [-0.05, 0) is 23.9 Å². The Morgan fingerprint density at radius 1 is 1.50 bits per heavy atom. The summed E-state index contributed by atoms with van der Waals surface area (Å²) in [4.78, 5) is 12.8. The molecular weight excluding hydrogens is 320 g/mol. The number of hydrogen-bond donors (Lipinski definition) is 1. The maximum Gasteiger partial charge on any atom is 0.261 e. The fraction of sp³-hybridized carbons (Fsp3) is 0.500. The second kappa shape index (κ2) is 8.30. The largest absolute Gasteiger partial charge is 0.384 e. The zero-order valence-corrected chi connectivity index (χ0v) is 14.6. The number of thioether (sulfide) groups is 1. The highest BCUT2D eigenvalue weighted by Gasteiger charge is 2.12. The van der Waals surface area contributed by atoms with Gasteiger partial charge in [0.05, 0.1) is 11.5 Å². The van der Waals surface area contributed by atoms with Crippen LogP contribution in [0, 0.1) is 6.92 Å². The van der Waals surface area contributed by atoms with E-state index < -0.39 is 0 Å². The van der Waals surface area contributed by atoms with Crippen LogP contribution in [0.25, 0.3) is 0 Å². The second-order valence-electron chi connectivity index (χ2n) is 4.74. The van der Waals surface area contributed by atoms with E-state index >= 15 is 0 Å². The van der Waals surface area contributed by atoms with E-state index in [1.165, 1.54) is 11.3 Å². The van der Waals surface area contributed by atoms with Gasteiger partial charge < -0.3 is 14.6 Å². The van der Waals surface area contributed by atoms with Gasteiger partial charge >= 0.3 is 0 Å². The lowest BCUT2D eigenvalue weighted by molar-refractivity contribution is 0.0957. The Kier molecular flexibility index (Phi) is 6.41. The van der Waals surface area contributed by atoms with Gasteiger partial charge in [-0.25, -0.2) is 0 Å². The van der Waals surface area contributed by atoms with Gasteiger partial charge in [0.15, 0.2) is 5.16 Å². The van der Waals surface area contributed by atoms with Crippen LogP contribution >= 0.6 is 23.1 Å². The third kappa shape index (κ3) is 4.31. The van der Waals surface area contributed by atoms with Gasteiger partial charge in [-0.15, -0.1) is 21.5 Å². The number of methoxy groups -OCH3 is 1. The SMILES string of the molecule is COCCSc1nnc(CCNC(=O)c2sccc2C)n1C. The highest BCUT2D eigenvalue weighted by Crippen LogP contribution is 2.16. The molecule has 2 rings (SSSR count). The molecular formula is C14H20N4O2S2. The first-order valence-corrected chi connectivity index (χ1v) is 8.82. The number of aryl methyl sites for hydroxylation is 1. The number of nitrogens with one attached hydrogen (secondary N) is 1. The molecule has 22 heavy (non-hydrogen) atoms. The molecule has 1 N–H and O–H groups in total. The van der Waals surface area contributed by atoms with Crippen LogP contribution in [0.2, 0.25) is 0 Å². The first-order valence-electron chi connectivity index (χ1n) is 6.95. The third-order valence-electron chi connectivity index (χ3n) is 3.15. The number of carbonyl (C=O) groups is 1. The quantitative estimate of drug-likeness (QED) is 0.587. The van der Waals surface area contributed by atoms with Crippen LogP contribution in [-0.4, -0.2) is 46.7 Å². The number of thiophene rings is 1. The zero-order valence-electron chi connectivity index (χ0n) is 13.0. The summed E-state index contributed by atoms with van der Waals surface area (Å²) in [6.45, 7) is 3.17. The van der Waals surface area contributed by atoms with Crippen LogP contribution in [0.1, 0.15) is 21.1 Å². The molecule has 0 aliphatic carbocycles. The highest BCUT2D eigenvalue weighted by atomic mass is 32.2. The molecule has 0 atom stereocenters. The highest BCUT2D eigenvalue weighted by molar-refractivity contribution is 7.99. The first kappa shape index (κ1) is 17.0. The van der Waals surface area contributed by atoms with Crippen molar-refractivity contribution in [1.29, 1.82) is 0 Å². The van der Waals surface area contributed by atoms with Crippen LogP contribution in [-0.2, 0) is 18.2 Å². The minimum absolute atomic E-state index is 0.0237. The molecule has 0 bridgehead atoms. The van der Waals surface area contributed by atoms with E-state index in [4.69, 9.17) is 4.74 Å². The molecule has 0 aliphatic heterocycles. The molecule has 2 heterocycles. The summed E-state index contributed by atoms with van der Waals surface area (Å²) in [6.07, 6.45) is 0.657. The lowest BCUT2D eigenvalue weighted by Crippen LogP contribution is -2.26. The lowest BCUT2D eigenvalue weighted by atomic mass is 10.3. The summed E-state index contributed by atoms with van der Waals surface area (Å²) < 4.78 is 6.98. The average Bonchev–Trinajstić information content (AvgIpc) is 3.07. The van der Waals surface area contributed by atoms with Crippen LogP contribution < -0.4 is 5.32 Å². The van der Waals surface area contributed by atoms with E-state index in [0.717, 1.165) is 27.2 Å². The smallest absolute Gasteiger partial charge is 0.261 e. The average molecular weight is 340 g/mol. The molecule has 2 aromatic heterocycles. The summed E-state index contributed by atoms with van der Waals surface area (Å²) in [5, 5.41) is 14.1. The zero-order chi connectivity index (χ0) is 15.9. The van der Waals surface area contributed by atoms with E-state index in [0.29, 0.717) is 19.6 Å². The van der Waals surface area contributed by atoms with Crippen molar-refractivity contribution < 1.29 is 9.53 Å². The molecule has 2 aromatic rings. The molecule has 0 aromatic carbocycles. The van der Waals surface area contributed by atoms with Crippen molar-refractivity contribution in [2.45, 2.75) is 18.5 Å². The van der Waals surface area contributed by atoms with E-state index in [1.807, 2.05) is 30.0 Å². The Morgan fingerprint density at radius 3 is 3.00 bits per heavy atom. The summed E-state index contributed by atoms with van der Waals surface area (Å²) in [7, 11) is 3.62. The molecule has 8 heteroatoms. The fourth-order valence-corrected chi connectivity index (χ4v) is 3.55. The van der Waals surface area contributed by atoms with E-state index in [9.17, 15) is 4.79 Å². The van der Waals surface area contributed by atoms with Crippen LogP contribution in [0.15, 0.2) is 16.6 Å². The van der Waals surface area contributed by atoms with Crippen molar-refractivity contribution in [3.63, 3.8) is 0 Å². The molecule has 6 nitrogen and oxygen atoms in total. The van der Waals surface area contributed by atoms with E-state index in [-0.39, 0.29) is 5.91 Å². The molecule has 0 saturated carbocycles. The number of rotatable bonds is 8. The van der Waals surface area contributed by atoms with Crippen LogP contribution in [0.4, 0.5) is 0 Å². The van der Waals surface area contributed by atoms with Crippen molar-refractivity contribution in [3.05, 3.63) is 27.7 Å². The Balaban J connectivity index is 1.82. The van der Waals surface area contributed by atoms with Gasteiger partial charge in [0.1, 0.15) is 5.82 Å². The maximum atomic E-state index is 12.0. The topological polar surface area (TPSA) is 69.0 Å². The van der Waals surface area contributed by atoms with Gasteiger partial charge in [-0.1, -0.05) is 11.8 Å². The number of carbonyl (C=O) groups excluding carboxylic acids is 1. The predicted molar refractivity (Wildman–Crippen MR) is 88.7 cm³/mol. The second-order valence-corrected chi connectivity index (χ2v) is 6.72. The summed E-state index contributed by atoms with van der Waals surface area (Å²) in [5.41, 5.74) is 1.01. The van der Waals surface area contributed by atoms with Crippen molar-refractivity contribution in [2.24, 2.45) is 7.05 Å². The lowest BCUT2D eigenvalue weighted by Gasteiger charge is -2.05. The maximum absolute atomic E-state index is 12.0. The van der Waals surface area contributed by atoms with E-state index in [1.54, 1.807) is 18.9 Å². The van der Waals surface area contributed by atoms with Gasteiger partial charge in [0.2, 0.25) is 0 Å². The molecule has 1 amide bonds. The van der Waals surface area contributed by atoms with Gasteiger partial charge in [0, 0.05) is 32.9 Å². The standard InChI is InChI=1S/C14H20N4O2S2/c1-10-5-8-21-12(10)13(19)15-6-4-11-16-17-14(18(11)2)22-9-7-20-3/h5,8H,4,6-7,9H2,1-3H3,(H,15,19). The first-order chi connectivity index (χ1) is 10.6. The van der Waals surface area contributed by atoms with E-state index in [2.05, 4.69) is 15.5 Å². The monoisotopic (exact) mass is 340 g/mol. The van der Waals surface area contributed by atoms with Crippen LogP contribution in [0.3, 0.4) is 0 Å².